The molecule has 3 aliphatic rings. The van der Waals surface area contributed by atoms with Crippen LogP contribution in [-0.4, -0.2) is 60.9 Å². The van der Waals surface area contributed by atoms with E-state index in [4.69, 9.17) is 23.7 Å². The van der Waals surface area contributed by atoms with Gasteiger partial charge in [0.05, 0.1) is 12.6 Å². The van der Waals surface area contributed by atoms with Gasteiger partial charge in [0.15, 0.2) is 17.9 Å². The molecule has 5 atom stereocenters. The van der Waals surface area contributed by atoms with Crippen LogP contribution in [0.25, 0.3) is 0 Å². The quantitative estimate of drug-likeness (QED) is 0.798. The lowest BCUT2D eigenvalue weighted by Gasteiger charge is -2.29. The van der Waals surface area contributed by atoms with Crippen molar-refractivity contribution in [3.8, 4) is 0 Å². The van der Waals surface area contributed by atoms with Crippen molar-refractivity contribution in [3.05, 3.63) is 0 Å². The second-order valence-electron chi connectivity index (χ2n) is 6.93. The maximum Gasteiger partial charge on any atom is 0.471 e. The van der Waals surface area contributed by atoms with Gasteiger partial charge in [0, 0.05) is 0 Å². The summed E-state index contributed by atoms with van der Waals surface area (Å²) in [5, 5.41) is 1.95. The number of halogens is 3. The highest BCUT2D eigenvalue weighted by molar-refractivity contribution is 5.82. The zero-order valence-electron chi connectivity index (χ0n) is 13.7. The van der Waals surface area contributed by atoms with Crippen LogP contribution in [0, 0.1) is 0 Å². The van der Waals surface area contributed by atoms with Crippen LogP contribution >= 0.6 is 0 Å². The zero-order chi connectivity index (χ0) is 17.9. The van der Waals surface area contributed by atoms with E-state index in [9.17, 15) is 18.0 Å². The molecule has 0 bridgehead atoms. The highest BCUT2D eigenvalue weighted by Gasteiger charge is 2.59. The molecule has 3 aliphatic heterocycles. The largest absolute Gasteiger partial charge is 0.471 e. The molecule has 3 fully saturated rings. The number of carbonyl (C=O) groups excluding carboxylic acids is 1. The molecule has 1 N–H and O–H groups in total. The summed E-state index contributed by atoms with van der Waals surface area (Å²) < 4.78 is 65.9. The highest BCUT2D eigenvalue weighted by atomic mass is 19.4. The molecule has 7 nitrogen and oxygen atoms in total. The minimum absolute atomic E-state index is 0.124. The van der Waals surface area contributed by atoms with Crippen molar-refractivity contribution >= 4 is 5.91 Å². The third-order valence-electron chi connectivity index (χ3n) is 4.04. The van der Waals surface area contributed by atoms with Crippen LogP contribution in [0.15, 0.2) is 0 Å². The van der Waals surface area contributed by atoms with Crippen LogP contribution in [0.4, 0.5) is 13.2 Å². The van der Waals surface area contributed by atoms with Gasteiger partial charge in [-0.25, -0.2) is 0 Å². The van der Waals surface area contributed by atoms with Gasteiger partial charge in [-0.15, -0.1) is 0 Å². The molecule has 0 aromatic carbocycles. The van der Waals surface area contributed by atoms with Crippen molar-refractivity contribution in [2.75, 3.05) is 6.61 Å². The van der Waals surface area contributed by atoms with Crippen molar-refractivity contribution in [2.24, 2.45) is 0 Å². The summed E-state index contributed by atoms with van der Waals surface area (Å²) in [5.74, 6) is -3.97. The Labute approximate surface area is 136 Å². The topological polar surface area (TPSA) is 75.3 Å². The van der Waals surface area contributed by atoms with Crippen molar-refractivity contribution in [1.29, 1.82) is 0 Å². The van der Waals surface area contributed by atoms with Crippen LogP contribution in [0.1, 0.15) is 27.7 Å². The SMILES string of the molecule is CC1(C)OCC([C@H]2O[C@@H]3OC(C)(C)O[C@@H]3[C@H]2NC(=O)C(F)(F)F)O1. The number of carbonyl (C=O) groups is 1. The molecule has 10 heteroatoms. The number of nitrogens with one attached hydrogen (secondary N) is 1. The minimum Gasteiger partial charge on any atom is -0.348 e. The maximum atomic E-state index is 12.6. The van der Waals surface area contributed by atoms with Gasteiger partial charge in [-0.2, -0.15) is 13.2 Å². The normalized spacial score (nSPS) is 40.5. The molecule has 0 aromatic rings. The molecule has 138 valence electrons. The first-order valence-corrected chi connectivity index (χ1v) is 7.59. The Morgan fingerprint density at radius 2 is 1.71 bits per heavy atom. The van der Waals surface area contributed by atoms with Crippen LogP contribution in [0.5, 0.6) is 0 Å². The van der Waals surface area contributed by atoms with Gasteiger partial charge >= 0.3 is 12.1 Å². The van der Waals surface area contributed by atoms with E-state index in [-0.39, 0.29) is 6.61 Å². The predicted octanol–water partition coefficient (Wildman–Crippen LogP) is 1.06. The highest BCUT2D eigenvalue weighted by Crippen LogP contribution is 2.41. The molecular weight excluding hydrogens is 335 g/mol. The third kappa shape index (κ3) is 3.38. The molecule has 0 saturated carbocycles. The zero-order valence-corrected chi connectivity index (χ0v) is 13.7. The lowest BCUT2D eigenvalue weighted by Crippen LogP contribution is -2.55. The molecule has 3 saturated heterocycles. The molecule has 0 radical (unpaired) electrons. The number of fused-ring (bicyclic) bond motifs is 1. The Morgan fingerprint density at radius 1 is 1.04 bits per heavy atom. The van der Waals surface area contributed by atoms with Crippen molar-refractivity contribution < 1.29 is 41.7 Å². The molecule has 24 heavy (non-hydrogen) atoms. The van der Waals surface area contributed by atoms with Gasteiger partial charge in [0.2, 0.25) is 0 Å². The molecule has 3 rings (SSSR count). The lowest BCUT2D eigenvalue weighted by molar-refractivity contribution is -0.224. The monoisotopic (exact) mass is 355 g/mol. The summed E-state index contributed by atoms with van der Waals surface area (Å²) in [7, 11) is 0. The Bertz CT molecular complexity index is 523. The van der Waals surface area contributed by atoms with Gasteiger partial charge in [0.1, 0.15) is 18.3 Å². The second-order valence-corrected chi connectivity index (χ2v) is 6.93. The summed E-state index contributed by atoms with van der Waals surface area (Å²) >= 11 is 0. The number of alkyl halides is 3. The number of hydrogen-bond acceptors (Lipinski definition) is 6. The van der Waals surface area contributed by atoms with E-state index in [2.05, 4.69) is 0 Å². The van der Waals surface area contributed by atoms with Gasteiger partial charge < -0.3 is 29.0 Å². The van der Waals surface area contributed by atoms with Crippen LogP contribution < -0.4 is 5.32 Å². The Hall–Kier alpha value is -0.940. The van der Waals surface area contributed by atoms with E-state index < -0.39 is 54.3 Å². The van der Waals surface area contributed by atoms with Gasteiger partial charge in [-0.1, -0.05) is 0 Å². The summed E-state index contributed by atoms with van der Waals surface area (Å²) in [6.07, 6.45) is -8.31. The summed E-state index contributed by atoms with van der Waals surface area (Å²) in [5.41, 5.74) is 0. The fourth-order valence-corrected chi connectivity index (χ4v) is 3.13. The molecule has 3 heterocycles. The average Bonchev–Trinajstić information content (AvgIpc) is 3.00. The van der Waals surface area contributed by atoms with E-state index in [1.807, 2.05) is 5.32 Å². The molecule has 1 unspecified atom stereocenters. The first-order valence-electron chi connectivity index (χ1n) is 7.59. The second kappa shape index (κ2) is 5.53. The van der Waals surface area contributed by atoms with Crippen LogP contribution in [0.3, 0.4) is 0 Å². The van der Waals surface area contributed by atoms with E-state index in [1.54, 1.807) is 27.7 Å². The molecule has 0 aromatic heterocycles. The van der Waals surface area contributed by atoms with Crippen molar-refractivity contribution in [2.45, 2.75) is 76.1 Å². The summed E-state index contributed by atoms with van der Waals surface area (Å²) in [4.78, 5) is 11.4. The first kappa shape index (κ1) is 17.9. The van der Waals surface area contributed by atoms with E-state index >= 15 is 0 Å². The van der Waals surface area contributed by atoms with Crippen molar-refractivity contribution in [3.63, 3.8) is 0 Å². The van der Waals surface area contributed by atoms with E-state index in [0.29, 0.717) is 0 Å². The number of amides is 1. The Morgan fingerprint density at radius 3 is 2.25 bits per heavy atom. The maximum absolute atomic E-state index is 12.6. The summed E-state index contributed by atoms with van der Waals surface area (Å²) in [6, 6.07) is -1.08. The van der Waals surface area contributed by atoms with Crippen molar-refractivity contribution in [1.82, 2.24) is 5.32 Å². The van der Waals surface area contributed by atoms with Crippen LogP contribution in [0.2, 0.25) is 0 Å². The molecular formula is C14H20F3NO6. The average molecular weight is 355 g/mol. The Kier molecular flexibility index (Phi) is 4.12. The fourth-order valence-electron chi connectivity index (χ4n) is 3.13. The standard InChI is InChI=1S/C14H20F3NO6/c1-12(2)20-5-6(22-12)8-7(18-11(19)14(15,16)17)9-10(21-8)24-13(3,4)23-9/h6-10H,5H2,1-4H3,(H,18,19)/t6?,7-,8+,9+,10+/m0/s1. The number of hydrogen-bond donors (Lipinski definition) is 1. The van der Waals surface area contributed by atoms with Gasteiger partial charge in [-0.3, -0.25) is 4.79 Å². The third-order valence-corrected chi connectivity index (χ3v) is 4.04. The minimum atomic E-state index is -5.01. The number of ether oxygens (including phenoxy) is 5. The smallest absolute Gasteiger partial charge is 0.348 e. The molecule has 0 spiro atoms. The molecule has 1 amide bonds. The number of rotatable bonds is 2. The van der Waals surface area contributed by atoms with Crippen LogP contribution in [-0.2, 0) is 28.5 Å². The first-order chi connectivity index (χ1) is 10.9. The predicted molar refractivity (Wildman–Crippen MR) is 71.6 cm³/mol. The summed E-state index contributed by atoms with van der Waals surface area (Å²) in [6.45, 7) is 6.72. The van der Waals surface area contributed by atoms with Gasteiger partial charge in [0.25, 0.3) is 0 Å². The fraction of sp³-hybridized carbons (Fsp3) is 0.929. The molecule has 0 aliphatic carbocycles. The lowest BCUT2D eigenvalue weighted by atomic mass is 10.0. The van der Waals surface area contributed by atoms with E-state index in [1.165, 1.54) is 0 Å². The van der Waals surface area contributed by atoms with Gasteiger partial charge in [-0.05, 0) is 27.7 Å². The van der Waals surface area contributed by atoms with E-state index in [0.717, 1.165) is 0 Å². The Balaban J connectivity index is 1.79.